The molecule has 0 unspecified atom stereocenters. The number of benzene rings is 4. The highest BCUT2D eigenvalue weighted by Crippen LogP contribution is 2.32. The molecule has 0 bridgehead atoms. The molecule has 272 valence electrons. The van der Waals surface area contributed by atoms with Crippen molar-refractivity contribution in [1.82, 2.24) is 16.0 Å². The summed E-state index contributed by atoms with van der Waals surface area (Å²) in [5.41, 5.74) is 12.2. The second kappa shape index (κ2) is 17.9. The van der Waals surface area contributed by atoms with Gasteiger partial charge < -0.3 is 26.6 Å². The van der Waals surface area contributed by atoms with Gasteiger partial charge in [-0.25, -0.2) is 0 Å². The number of halogens is 3. The second-order valence-electron chi connectivity index (χ2n) is 13.1. The maximum Gasteiger partial charge on any atom is 0.250 e. The molecule has 4 amide bonds. The molecule has 52 heavy (non-hydrogen) atoms. The molecule has 0 fully saturated rings. The van der Waals surface area contributed by atoms with E-state index in [0.29, 0.717) is 46.4 Å². The largest absolute Gasteiger partial charge is 0.359 e. The molecule has 4 aromatic rings. The highest BCUT2D eigenvalue weighted by atomic mass is 35.5. The van der Waals surface area contributed by atoms with E-state index in [1.807, 2.05) is 61.5 Å². The first kappa shape index (κ1) is 38.8. The molecule has 0 saturated carbocycles. The summed E-state index contributed by atoms with van der Waals surface area (Å²) in [6.45, 7) is 1.61. The summed E-state index contributed by atoms with van der Waals surface area (Å²) in [6, 6.07) is 24.0. The molecule has 1 aliphatic heterocycles. The van der Waals surface area contributed by atoms with Crippen LogP contribution in [0.25, 0.3) is 11.1 Å². The van der Waals surface area contributed by atoms with Crippen LogP contribution < -0.4 is 26.6 Å². The molecule has 3 atom stereocenters. The SMILES string of the molecule is CNC(=O)C[C@@H](Cc1ccc(Cl)c(-c2ccc(Cl)c(C)c2)c1)NC(=O)CN1C(=O)[C@@H](NC(=O)C[C@@H](N)Cc2ccc(Cl)cc2)CCc2ccccc21. The summed E-state index contributed by atoms with van der Waals surface area (Å²) in [4.78, 5) is 54.9. The van der Waals surface area contributed by atoms with Crippen LogP contribution in [0.3, 0.4) is 0 Å². The van der Waals surface area contributed by atoms with Gasteiger partial charge in [0.25, 0.3) is 0 Å². The predicted molar refractivity (Wildman–Crippen MR) is 208 cm³/mol. The van der Waals surface area contributed by atoms with E-state index >= 15 is 0 Å². The Morgan fingerprint density at radius 3 is 2.29 bits per heavy atom. The number of para-hydroxylation sites is 1. The number of hydrogen-bond acceptors (Lipinski definition) is 5. The maximum atomic E-state index is 14.0. The number of carbonyl (C=O) groups excluding carboxylic acids is 4. The van der Waals surface area contributed by atoms with Gasteiger partial charge in [-0.1, -0.05) is 77.3 Å². The first-order valence-corrected chi connectivity index (χ1v) is 18.3. The van der Waals surface area contributed by atoms with Crippen molar-refractivity contribution >= 4 is 64.1 Å². The molecule has 5 N–H and O–H groups in total. The van der Waals surface area contributed by atoms with Crippen molar-refractivity contribution in [3.05, 3.63) is 122 Å². The third-order valence-electron chi connectivity index (χ3n) is 9.10. The van der Waals surface area contributed by atoms with Gasteiger partial charge >= 0.3 is 0 Å². The molecule has 1 heterocycles. The average Bonchev–Trinajstić information content (AvgIpc) is 3.23. The van der Waals surface area contributed by atoms with Crippen molar-refractivity contribution in [1.29, 1.82) is 0 Å². The lowest BCUT2D eigenvalue weighted by Gasteiger charge is -2.27. The van der Waals surface area contributed by atoms with Crippen molar-refractivity contribution in [3.63, 3.8) is 0 Å². The highest BCUT2D eigenvalue weighted by Gasteiger charge is 2.33. The van der Waals surface area contributed by atoms with Gasteiger partial charge in [-0.2, -0.15) is 0 Å². The van der Waals surface area contributed by atoms with Gasteiger partial charge in [0, 0.05) is 58.3 Å². The Kier molecular flexibility index (Phi) is 13.3. The molecule has 0 spiro atoms. The van der Waals surface area contributed by atoms with Gasteiger partial charge in [0.1, 0.15) is 12.6 Å². The fourth-order valence-corrected chi connectivity index (χ4v) is 6.90. The molecule has 0 saturated heterocycles. The molecule has 4 aromatic carbocycles. The Bertz CT molecular complexity index is 1940. The molecule has 0 aromatic heterocycles. The van der Waals surface area contributed by atoms with Crippen molar-refractivity contribution in [2.45, 2.75) is 63.6 Å². The van der Waals surface area contributed by atoms with Crippen molar-refractivity contribution in [2.75, 3.05) is 18.5 Å². The van der Waals surface area contributed by atoms with E-state index in [9.17, 15) is 19.2 Å². The fraction of sp³-hybridized carbons (Fsp3) is 0.300. The lowest BCUT2D eigenvalue weighted by atomic mass is 9.97. The molecule has 0 radical (unpaired) electrons. The van der Waals surface area contributed by atoms with Crippen molar-refractivity contribution < 1.29 is 19.2 Å². The Hall–Kier alpha value is -4.41. The lowest BCUT2D eigenvalue weighted by Crippen LogP contribution is -2.52. The van der Waals surface area contributed by atoms with Crippen LogP contribution >= 0.6 is 34.8 Å². The molecule has 5 rings (SSSR count). The minimum absolute atomic E-state index is 0.0136. The van der Waals surface area contributed by atoms with E-state index < -0.39 is 29.9 Å². The number of amides is 4. The Balaban J connectivity index is 1.30. The average molecular weight is 763 g/mol. The Morgan fingerprint density at radius 2 is 1.56 bits per heavy atom. The number of hydrogen-bond donors (Lipinski definition) is 4. The third-order valence-corrected chi connectivity index (χ3v) is 10.1. The molecule has 12 heteroatoms. The molecular formula is C40H42Cl3N5O4. The monoisotopic (exact) mass is 761 g/mol. The van der Waals surface area contributed by atoms with E-state index in [2.05, 4.69) is 16.0 Å². The number of fused-ring (bicyclic) bond motifs is 1. The van der Waals surface area contributed by atoms with E-state index in [0.717, 1.165) is 33.4 Å². The third kappa shape index (κ3) is 10.3. The van der Waals surface area contributed by atoms with E-state index in [4.69, 9.17) is 40.5 Å². The number of aryl methyl sites for hydroxylation is 2. The zero-order valence-electron chi connectivity index (χ0n) is 29.1. The minimum Gasteiger partial charge on any atom is -0.359 e. The predicted octanol–water partition coefficient (Wildman–Crippen LogP) is 6.21. The van der Waals surface area contributed by atoms with Crippen LogP contribution in [0.2, 0.25) is 15.1 Å². The van der Waals surface area contributed by atoms with Gasteiger partial charge in [-0.15, -0.1) is 0 Å². The van der Waals surface area contributed by atoms with Gasteiger partial charge in [-0.05, 0) is 103 Å². The summed E-state index contributed by atoms with van der Waals surface area (Å²) in [7, 11) is 1.54. The zero-order chi connectivity index (χ0) is 37.4. The normalized spacial score (nSPS) is 15.2. The lowest BCUT2D eigenvalue weighted by molar-refractivity contribution is -0.128. The van der Waals surface area contributed by atoms with E-state index in [1.54, 1.807) is 30.3 Å². The summed E-state index contributed by atoms with van der Waals surface area (Å²) >= 11 is 18.8. The van der Waals surface area contributed by atoms with Crippen LogP contribution in [0.15, 0.2) is 84.9 Å². The first-order valence-electron chi connectivity index (χ1n) is 17.1. The van der Waals surface area contributed by atoms with Crippen LogP contribution in [0.1, 0.15) is 41.5 Å². The maximum absolute atomic E-state index is 14.0. The van der Waals surface area contributed by atoms with Crippen molar-refractivity contribution in [3.8, 4) is 11.1 Å². The van der Waals surface area contributed by atoms with Crippen LogP contribution in [0.5, 0.6) is 0 Å². The minimum atomic E-state index is -0.860. The van der Waals surface area contributed by atoms with Crippen LogP contribution in [-0.4, -0.2) is 55.3 Å². The van der Waals surface area contributed by atoms with E-state index in [1.165, 1.54) is 11.9 Å². The number of nitrogens with zero attached hydrogens (tertiary/aromatic N) is 1. The Morgan fingerprint density at radius 1 is 0.846 bits per heavy atom. The smallest absolute Gasteiger partial charge is 0.250 e. The molecular weight excluding hydrogens is 721 g/mol. The van der Waals surface area contributed by atoms with Gasteiger partial charge in [0.15, 0.2) is 0 Å². The topological polar surface area (TPSA) is 134 Å². The van der Waals surface area contributed by atoms with E-state index in [-0.39, 0.29) is 31.2 Å². The van der Waals surface area contributed by atoms with Gasteiger partial charge in [0.05, 0.1) is 0 Å². The Labute approximate surface area is 319 Å². The number of carbonyl (C=O) groups is 4. The van der Waals surface area contributed by atoms with Crippen LogP contribution in [-0.2, 0) is 38.4 Å². The number of rotatable bonds is 13. The molecule has 0 aliphatic carbocycles. The van der Waals surface area contributed by atoms with Crippen LogP contribution in [0, 0.1) is 6.92 Å². The van der Waals surface area contributed by atoms with Crippen molar-refractivity contribution in [2.24, 2.45) is 5.73 Å². The number of nitrogens with two attached hydrogens (primary N) is 1. The molecule has 9 nitrogen and oxygen atoms in total. The summed E-state index contributed by atoms with van der Waals surface area (Å²) in [5, 5.41) is 10.3. The first-order chi connectivity index (χ1) is 24.9. The number of anilines is 1. The highest BCUT2D eigenvalue weighted by molar-refractivity contribution is 6.33. The zero-order valence-corrected chi connectivity index (χ0v) is 31.3. The standard InChI is InChI=1S/C40H42Cl3N5O4/c1-24-17-28(10-15-33(24)42)32-20-26(9-14-34(32)43)19-31(22-37(49)45-2)46-39(51)23-48-36-6-4-3-5-27(36)11-16-35(40(48)52)47-38(50)21-30(44)18-25-7-12-29(41)13-8-25/h3-10,12-15,17,20,30-31,35H,11,16,18-19,21-23,44H2,1-2H3,(H,45,49)(H,46,51)(H,47,50)/t30-,31+,35-/m0/s1. The molecule has 1 aliphatic rings. The summed E-state index contributed by atoms with van der Waals surface area (Å²) in [6.07, 6.45) is 1.71. The second-order valence-corrected chi connectivity index (χ2v) is 14.4. The summed E-state index contributed by atoms with van der Waals surface area (Å²) in [5.74, 6) is -1.45. The quantitative estimate of drug-likeness (QED) is 0.129. The summed E-state index contributed by atoms with van der Waals surface area (Å²) < 4.78 is 0. The van der Waals surface area contributed by atoms with Crippen LogP contribution in [0.4, 0.5) is 5.69 Å². The van der Waals surface area contributed by atoms with Gasteiger partial charge in [-0.3, -0.25) is 19.2 Å². The van der Waals surface area contributed by atoms with Gasteiger partial charge in [0.2, 0.25) is 23.6 Å². The fourth-order valence-electron chi connectivity index (χ4n) is 6.43. The number of nitrogens with one attached hydrogen (secondary N) is 3.